The van der Waals surface area contributed by atoms with E-state index < -0.39 is 0 Å². The van der Waals surface area contributed by atoms with E-state index in [1.54, 1.807) is 18.2 Å². The van der Waals surface area contributed by atoms with Gasteiger partial charge in [-0.2, -0.15) is 0 Å². The van der Waals surface area contributed by atoms with Crippen LogP contribution in [0, 0.1) is 0 Å². The number of anilines is 1. The number of carbonyl (C=O) groups excluding carboxylic acids is 1. The lowest BCUT2D eigenvalue weighted by atomic mass is 9.93. The lowest BCUT2D eigenvalue weighted by Gasteiger charge is -2.30. The minimum absolute atomic E-state index is 0.0168. The van der Waals surface area contributed by atoms with Gasteiger partial charge < -0.3 is 15.2 Å². The highest BCUT2D eigenvalue weighted by molar-refractivity contribution is 6.30. The summed E-state index contributed by atoms with van der Waals surface area (Å²) in [5.41, 5.74) is 7.35. The third kappa shape index (κ3) is 3.93. The smallest absolute Gasteiger partial charge is 0.246 e. The first-order chi connectivity index (χ1) is 11.1. The Morgan fingerprint density at radius 1 is 1.35 bits per heavy atom. The van der Waals surface area contributed by atoms with E-state index in [9.17, 15) is 4.79 Å². The Morgan fingerprint density at radius 3 is 2.78 bits per heavy atom. The number of nitrogens with zero attached hydrogens (tertiary/aromatic N) is 2. The van der Waals surface area contributed by atoms with Gasteiger partial charge in [0.05, 0.1) is 5.69 Å². The third-order valence-corrected chi connectivity index (χ3v) is 4.27. The van der Waals surface area contributed by atoms with Crippen LogP contribution in [0.1, 0.15) is 30.0 Å². The number of likely N-dealkylation sites (tertiary alicyclic amines) is 1. The maximum absolute atomic E-state index is 12.3. The van der Waals surface area contributed by atoms with E-state index in [-0.39, 0.29) is 5.91 Å². The average Bonchev–Trinajstić information content (AvgIpc) is 2.99. The van der Waals surface area contributed by atoms with Crippen LogP contribution in [0.5, 0.6) is 0 Å². The van der Waals surface area contributed by atoms with E-state index in [0.29, 0.717) is 29.9 Å². The number of piperidine rings is 1. The Bertz CT molecular complexity index is 718. The maximum Gasteiger partial charge on any atom is 0.246 e. The summed E-state index contributed by atoms with van der Waals surface area (Å²) in [5.74, 6) is 0.656. The van der Waals surface area contributed by atoms with Gasteiger partial charge in [-0.15, -0.1) is 0 Å². The van der Waals surface area contributed by atoms with Crippen LogP contribution in [0.25, 0.3) is 6.08 Å². The molecule has 0 atom stereocenters. The van der Waals surface area contributed by atoms with Crippen molar-refractivity contribution in [3.63, 3.8) is 0 Å². The van der Waals surface area contributed by atoms with Crippen molar-refractivity contribution in [3.8, 4) is 0 Å². The number of nitrogen functional groups attached to an aromatic ring is 1. The second kappa shape index (κ2) is 6.87. The van der Waals surface area contributed by atoms with Crippen molar-refractivity contribution in [2.24, 2.45) is 0 Å². The number of aromatic nitrogens is 1. The van der Waals surface area contributed by atoms with Crippen molar-refractivity contribution >= 4 is 29.5 Å². The number of hydrogen-bond acceptors (Lipinski definition) is 4. The molecule has 1 saturated heterocycles. The number of rotatable bonds is 3. The van der Waals surface area contributed by atoms with E-state index in [2.05, 4.69) is 5.16 Å². The zero-order chi connectivity index (χ0) is 16.2. The molecule has 1 aliphatic heterocycles. The zero-order valence-electron chi connectivity index (χ0n) is 12.6. The molecule has 1 fully saturated rings. The van der Waals surface area contributed by atoms with Crippen LogP contribution < -0.4 is 5.73 Å². The normalized spacial score (nSPS) is 16.1. The summed E-state index contributed by atoms with van der Waals surface area (Å²) < 4.78 is 4.91. The van der Waals surface area contributed by atoms with Crippen LogP contribution in [-0.2, 0) is 4.79 Å². The Morgan fingerprint density at radius 2 is 2.13 bits per heavy atom. The van der Waals surface area contributed by atoms with Crippen LogP contribution in [0.3, 0.4) is 0 Å². The Balaban J connectivity index is 1.56. The largest absolute Gasteiger partial charge is 0.368 e. The zero-order valence-corrected chi connectivity index (χ0v) is 13.4. The first-order valence-corrected chi connectivity index (χ1v) is 7.94. The predicted molar refractivity (Wildman–Crippen MR) is 90.0 cm³/mol. The SMILES string of the molecule is Nc1cc(C2CCN(C(=O)/C=C/c3cccc(Cl)c3)CC2)no1. The lowest BCUT2D eigenvalue weighted by molar-refractivity contribution is -0.126. The fourth-order valence-corrected chi connectivity index (χ4v) is 2.97. The van der Waals surface area contributed by atoms with Gasteiger partial charge in [-0.25, -0.2) is 0 Å². The minimum Gasteiger partial charge on any atom is -0.368 e. The van der Waals surface area contributed by atoms with E-state index in [1.807, 2.05) is 29.2 Å². The van der Waals surface area contributed by atoms with Gasteiger partial charge in [0.25, 0.3) is 0 Å². The van der Waals surface area contributed by atoms with Crippen molar-refractivity contribution in [2.75, 3.05) is 18.8 Å². The molecule has 120 valence electrons. The second-order valence-electron chi connectivity index (χ2n) is 5.64. The molecule has 0 radical (unpaired) electrons. The first-order valence-electron chi connectivity index (χ1n) is 7.56. The molecule has 0 bridgehead atoms. The number of amides is 1. The van der Waals surface area contributed by atoms with E-state index in [1.165, 1.54) is 0 Å². The van der Waals surface area contributed by atoms with Gasteiger partial charge >= 0.3 is 0 Å². The highest BCUT2D eigenvalue weighted by Crippen LogP contribution is 2.28. The monoisotopic (exact) mass is 331 g/mol. The predicted octanol–water partition coefficient (Wildman–Crippen LogP) is 3.33. The molecule has 2 N–H and O–H groups in total. The molecule has 1 amide bonds. The standard InChI is InChI=1S/C17H18ClN3O2/c18-14-3-1-2-12(10-14)4-5-17(22)21-8-6-13(7-9-21)15-11-16(19)23-20-15/h1-5,10-11,13H,6-9,19H2/b5-4+. The number of carbonyl (C=O) groups is 1. The summed E-state index contributed by atoms with van der Waals surface area (Å²) in [6.45, 7) is 1.41. The number of hydrogen-bond donors (Lipinski definition) is 1. The van der Waals surface area contributed by atoms with Crippen molar-refractivity contribution < 1.29 is 9.32 Å². The molecule has 0 unspecified atom stereocenters. The molecular weight excluding hydrogens is 314 g/mol. The first kappa shape index (κ1) is 15.6. The summed E-state index contributed by atoms with van der Waals surface area (Å²) in [6.07, 6.45) is 5.12. The molecule has 1 aliphatic rings. The Hall–Kier alpha value is -2.27. The van der Waals surface area contributed by atoms with Crippen LogP contribution in [0.4, 0.5) is 5.88 Å². The molecule has 23 heavy (non-hydrogen) atoms. The Labute approximate surface area is 139 Å². The molecular formula is C17H18ClN3O2. The average molecular weight is 332 g/mol. The fourth-order valence-electron chi connectivity index (χ4n) is 2.78. The molecule has 0 saturated carbocycles. The van der Waals surface area contributed by atoms with Crippen molar-refractivity contribution in [1.82, 2.24) is 10.1 Å². The van der Waals surface area contributed by atoms with Crippen molar-refractivity contribution in [2.45, 2.75) is 18.8 Å². The second-order valence-corrected chi connectivity index (χ2v) is 6.08. The number of nitrogens with two attached hydrogens (primary N) is 1. The molecule has 2 aromatic rings. The quantitative estimate of drug-likeness (QED) is 0.876. The van der Waals surface area contributed by atoms with Crippen LogP contribution >= 0.6 is 11.6 Å². The van der Waals surface area contributed by atoms with Gasteiger partial charge in [-0.05, 0) is 36.6 Å². The van der Waals surface area contributed by atoms with Gasteiger partial charge in [0.15, 0.2) is 0 Å². The summed E-state index contributed by atoms with van der Waals surface area (Å²) >= 11 is 5.93. The molecule has 3 rings (SSSR count). The van der Waals surface area contributed by atoms with Crippen molar-refractivity contribution in [1.29, 1.82) is 0 Å². The number of benzene rings is 1. The number of halogens is 1. The molecule has 5 nitrogen and oxygen atoms in total. The van der Waals surface area contributed by atoms with Crippen LogP contribution in [-0.4, -0.2) is 29.1 Å². The summed E-state index contributed by atoms with van der Waals surface area (Å²) in [6, 6.07) is 9.17. The summed E-state index contributed by atoms with van der Waals surface area (Å²) in [7, 11) is 0. The molecule has 1 aromatic carbocycles. The molecule has 1 aromatic heterocycles. The summed E-state index contributed by atoms with van der Waals surface area (Å²) in [4.78, 5) is 14.1. The van der Waals surface area contributed by atoms with Gasteiger partial charge in [0.1, 0.15) is 0 Å². The maximum atomic E-state index is 12.3. The van der Waals surface area contributed by atoms with E-state index >= 15 is 0 Å². The molecule has 2 heterocycles. The van der Waals surface area contributed by atoms with E-state index in [0.717, 1.165) is 24.1 Å². The highest BCUT2D eigenvalue weighted by atomic mass is 35.5. The molecule has 6 heteroatoms. The van der Waals surface area contributed by atoms with Gasteiger partial charge in [0, 0.05) is 36.2 Å². The summed E-state index contributed by atoms with van der Waals surface area (Å²) in [5, 5.41) is 4.62. The lowest BCUT2D eigenvalue weighted by Crippen LogP contribution is -2.36. The van der Waals surface area contributed by atoms with Gasteiger partial charge in [-0.1, -0.05) is 28.9 Å². The van der Waals surface area contributed by atoms with E-state index in [4.69, 9.17) is 21.9 Å². The molecule has 0 spiro atoms. The van der Waals surface area contributed by atoms with Crippen LogP contribution in [0.15, 0.2) is 40.9 Å². The Kier molecular flexibility index (Phi) is 4.67. The fraction of sp³-hybridized carbons (Fsp3) is 0.294. The molecule has 0 aliphatic carbocycles. The van der Waals surface area contributed by atoms with Crippen LogP contribution in [0.2, 0.25) is 5.02 Å². The van der Waals surface area contributed by atoms with Gasteiger partial charge in [-0.3, -0.25) is 4.79 Å². The van der Waals surface area contributed by atoms with Crippen molar-refractivity contribution in [3.05, 3.63) is 52.7 Å². The minimum atomic E-state index is 0.0168. The third-order valence-electron chi connectivity index (χ3n) is 4.04. The van der Waals surface area contributed by atoms with Gasteiger partial charge in [0.2, 0.25) is 11.8 Å². The topological polar surface area (TPSA) is 72.4 Å². The highest BCUT2D eigenvalue weighted by Gasteiger charge is 2.24.